The molecule has 1 unspecified atom stereocenters. The maximum Gasteiger partial charge on any atom is 0.119 e. The highest BCUT2D eigenvalue weighted by Crippen LogP contribution is 2.24. The lowest BCUT2D eigenvalue weighted by Gasteiger charge is -2.36. The summed E-state index contributed by atoms with van der Waals surface area (Å²) in [5.74, 6) is 1.89. The van der Waals surface area contributed by atoms with Gasteiger partial charge in [0.05, 0.1) is 0 Å². The van der Waals surface area contributed by atoms with Crippen molar-refractivity contribution in [2.24, 2.45) is 5.92 Å². The van der Waals surface area contributed by atoms with E-state index in [-0.39, 0.29) is 5.75 Å². The molecule has 0 bridgehead atoms. The molecule has 2 aromatic carbocycles. The Hall–Kier alpha value is -2.00. The SMILES string of the molecule is Cc1ccc(CC2CCN(C(C)COc3ccc(O)cc3)CC2)cc1. The van der Waals surface area contributed by atoms with Crippen LogP contribution in [0.15, 0.2) is 48.5 Å². The van der Waals surface area contributed by atoms with E-state index in [0.29, 0.717) is 12.6 Å². The Morgan fingerprint density at radius 3 is 2.32 bits per heavy atom. The number of ether oxygens (including phenoxy) is 1. The molecule has 1 atom stereocenters. The van der Waals surface area contributed by atoms with Crippen molar-refractivity contribution >= 4 is 0 Å². The van der Waals surface area contributed by atoms with Gasteiger partial charge in [0, 0.05) is 6.04 Å². The van der Waals surface area contributed by atoms with E-state index in [1.165, 1.54) is 30.4 Å². The van der Waals surface area contributed by atoms with Gasteiger partial charge in [-0.15, -0.1) is 0 Å². The predicted molar refractivity (Wildman–Crippen MR) is 102 cm³/mol. The van der Waals surface area contributed by atoms with Crippen LogP contribution in [-0.2, 0) is 6.42 Å². The monoisotopic (exact) mass is 339 g/mol. The molecule has 0 aromatic heterocycles. The second kappa shape index (κ2) is 8.39. The number of aromatic hydroxyl groups is 1. The van der Waals surface area contributed by atoms with E-state index in [1.54, 1.807) is 12.1 Å². The Labute approximate surface area is 151 Å². The second-order valence-electron chi connectivity index (χ2n) is 7.32. The minimum absolute atomic E-state index is 0.274. The zero-order chi connectivity index (χ0) is 17.6. The van der Waals surface area contributed by atoms with Gasteiger partial charge >= 0.3 is 0 Å². The van der Waals surface area contributed by atoms with E-state index in [1.807, 2.05) is 12.1 Å². The summed E-state index contributed by atoms with van der Waals surface area (Å²) in [6.07, 6.45) is 3.72. The van der Waals surface area contributed by atoms with Gasteiger partial charge in [-0.05, 0) is 81.9 Å². The highest BCUT2D eigenvalue weighted by Gasteiger charge is 2.23. The number of hydrogen-bond acceptors (Lipinski definition) is 3. The van der Waals surface area contributed by atoms with Crippen LogP contribution in [0.5, 0.6) is 11.5 Å². The number of rotatable bonds is 6. The molecule has 134 valence electrons. The number of piperidine rings is 1. The lowest BCUT2D eigenvalue weighted by molar-refractivity contribution is 0.104. The van der Waals surface area contributed by atoms with E-state index in [4.69, 9.17) is 4.74 Å². The Bertz CT molecular complexity index is 643. The topological polar surface area (TPSA) is 32.7 Å². The maximum absolute atomic E-state index is 9.32. The number of aryl methyl sites for hydroxylation is 1. The van der Waals surface area contributed by atoms with Crippen molar-refractivity contribution in [1.29, 1.82) is 0 Å². The van der Waals surface area contributed by atoms with Crippen molar-refractivity contribution in [3.05, 3.63) is 59.7 Å². The first kappa shape index (κ1) is 17.8. The fourth-order valence-corrected chi connectivity index (χ4v) is 3.52. The van der Waals surface area contributed by atoms with Crippen LogP contribution in [0.4, 0.5) is 0 Å². The lowest BCUT2D eigenvalue weighted by atomic mass is 9.89. The quantitative estimate of drug-likeness (QED) is 0.845. The highest BCUT2D eigenvalue weighted by atomic mass is 16.5. The largest absolute Gasteiger partial charge is 0.508 e. The third kappa shape index (κ3) is 5.23. The highest BCUT2D eigenvalue weighted by molar-refractivity contribution is 5.30. The van der Waals surface area contributed by atoms with Crippen molar-refractivity contribution in [3.8, 4) is 11.5 Å². The summed E-state index contributed by atoms with van der Waals surface area (Å²) < 4.78 is 5.86. The van der Waals surface area contributed by atoms with E-state index in [2.05, 4.69) is 43.0 Å². The molecule has 0 spiro atoms. The molecular weight excluding hydrogens is 310 g/mol. The second-order valence-corrected chi connectivity index (χ2v) is 7.32. The number of phenolic OH excluding ortho intramolecular Hbond substituents is 1. The average molecular weight is 339 g/mol. The number of benzene rings is 2. The van der Waals surface area contributed by atoms with Crippen molar-refractivity contribution in [2.75, 3.05) is 19.7 Å². The molecule has 0 radical (unpaired) electrons. The normalized spacial score (nSPS) is 17.4. The first-order valence-corrected chi connectivity index (χ1v) is 9.31. The molecule has 3 heteroatoms. The van der Waals surface area contributed by atoms with Crippen LogP contribution in [-0.4, -0.2) is 35.7 Å². The van der Waals surface area contributed by atoms with Crippen LogP contribution in [0.3, 0.4) is 0 Å². The van der Waals surface area contributed by atoms with Crippen molar-refractivity contribution < 1.29 is 9.84 Å². The number of hydrogen-bond donors (Lipinski definition) is 1. The van der Waals surface area contributed by atoms with Crippen molar-refractivity contribution in [3.63, 3.8) is 0 Å². The van der Waals surface area contributed by atoms with Gasteiger partial charge in [-0.1, -0.05) is 29.8 Å². The van der Waals surface area contributed by atoms with Crippen molar-refractivity contribution in [2.45, 2.75) is 39.2 Å². The Kier molecular flexibility index (Phi) is 5.98. The van der Waals surface area contributed by atoms with Gasteiger partial charge in [0.1, 0.15) is 18.1 Å². The third-order valence-corrected chi connectivity index (χ3v) is 5.25. The van der Waals surface area contributed by atoms with Gasteiger partial charge in [-0.25, -0.2) is 0 Å². The minimum Gasteiger partial charge on any atom is -0.508 e. The molecule has 3 nitrogen and oxygen atoms in total. The van der Waals surface area contributed by atoms with Crippen LogP contribution < -0.4 is 4.74 Å². The molecule has 0 aliphatic carbocycles. The molecule has 1 saturated heterocycles. The number of nitrogens with zero attached hydrogens (tertiary/aromatic N) is 1. The Balaban J connectivity index is 1.41. The third-order valence-electron chi connectivity index (χ3n) is 5.25. The van der Waals surface area contributed by atoms with Crippen molar-refractivity contribution in [1.82, 2.24) is 4.90 Å². The van der Waals surface area contributed by atoms with Gasteiger partial charge in [0.25, 0.3) is 0 Å². The number of phenols is 1. The fraction of sp³-hybridized carbons (Fsp3) is 0.455. The summed E-state index contributed by atoms with van der Waals surface area (Å²) in [6, 6.07) is 16.3. The zero-order valence-electron chi connectivity index (χ0n) is 15.3. The smallest absolute Gasteiger partial charge is 0.119 e. The molecule has 0 saturated carbocycles. The maximum atomic E-state index is 9.32. The van der Waals surface area contributed by atoms with Crippen LogP contribution in [0.25, 0.3) is 0 Å². The summed E-state index contributed by atoms with van der Waals surface area (Å²) >= 11 is 0. The summed E-state index contributed by atoms with van der Waals surface area (Å²) in [6.45, 7) is 7.37. The van der Waals surface area contributed by atoms with E-state index in [9.17, 15) is 5.11 Å². The van der Waals surface area contributed by atoms with E-state index >= 15 is 0 Å². The minimum atomic E-state index is 0.274. The Morgan fingerprint density at radius 1 is 1.04 bits per heavy atom. The molecule has 25 heavy (non-hydrogen) atoms. The summed E-state index contributed by atoms with van der Waals surface area (Å²) in [5.41, 5.74) is 2.80. The van der Waals surface area contributed by atoms with Gasteiger partial charge in [-0.2, -0.15) is 0 Å². The number of likely N-dealkylation sites (tertiary alicyclic amines) is 1. The van der Waals surface area contributed by atoms with Gasteiger partial charge < -0.3 is 9.84 Å². The first-order valence-electron chi connectivity index (χ1n) is 9.31. The van der Waals surface area contributed by atoms with Crippen LogP contribution in [0.1, 0.15) is 30.9 Å². The van der Waals surface area contributed by atoms with E-state index in [0.717, 1.165) is 24.8 Å². The van der Waals surface area contributed by atoms with Gasteiger partial charge in [-0.3, -0.25) is 4.90 Å². The summed E-state index contributed by atoms with van der Waals surface area (Å²) in [5, 5.41) is 9.32. The first-order chi connectivity index (χ1) is 12.1. The Morgan fingerprint density at radius 2 is 1.68 bits per heavy atom. The summed E-state index contributed by atoms with van der Waals surface area (Å²) in [7, 11) is 0. The van der Waals surface area contributed by atoms with Crippen LogP contribution in [0, 0.1) is 12.8 Å². The fourth-order valence-electron chi connectivity index (χ4n) is 3.52. The predicted octanol–water partition coefficient (Wildman–Crippen LogP) is 4.42. The van der Waals surface area contributed by atoms with Crippen LogP contribution in [0.2, 0.25) is 0 Å². The molecule has 2 aromatic rings. The average Bonchev–Trinajstić information content (AvgIpc) is 2.63. The van der Waals surface area contributed by atoms with E-state index < -0.39 is 0 Å². The standard InChI is InChI=1S/C22H29NO2/c1-17-3-5-19(6-4-17)15-20-11-13-23(14-12-20)18(2)16-25-22-9-7-21(24)8-10-22/h3-10,18,20,24H,11-16H2,1-2H3. The molecule has 0 amide bonds. The molecule has 1 heterocycles. The lowest BCUT2D eigenvalue weighted by Crippen LogP contribution is -2.43. The summed E-state index contributed by atoms with van der Waals surface area (Å²) in [4.78, 5) is 2.53. The molecule has 3 rings (SSSR count). The van der Waals surface area contributed by atoms with Gasteiger partial charge in [0.2, 0.25) is 0 Å². The molecule has 1 aliphatic rings. The molecular formula is C22H29NO2. The molecule has 1 fully saturated rings. The van der Waals surface area contributed by atoms with Gasteiger partial charge in [0.15, 0.2) is 0 Å². The molecule has 1 N–H and O–H groups in total. The molecule has 1 aliphatic heterocycles. The zero-order valence-corrected chi connectivity index (χ0v) is 15.3. The van der Waals surface area contributed by atoms with Crippen LogP contribution >= 0.6 is 0 Å².